The minimum atomic E-state index is -1.04. The van der Waals surface area contributed by atoms with Gasteiger partial charge in [-0.15, -0.1) is 0 Å². The maximum atomic E-state index is 13.7. The van der Waals surface area contributed by atoms with Gasteiger partial charge in [0.1, 0.15) is 11.5 Å². The fourth-order valence-corrected chi connectivity index (χ4v) is 3.59. The van der Waals surface area contributed by atoms with Gasteiger partial charge in [0.25, 0.3) is 5.56 Å². The second-order valence-corrected chi connectivity index (χ2v) is 10.4. The molecule has 0 saturated carbocycles. The molecule has 1 N–H and O–H groups in total. The Morgan fingerprint density at radius 3 is 2.28 bits per heavy atom. The smallest absolute Gasteiger partial charge is 0.408 e. The van der Waals surface area contributed by atoms with Crippen molar-refractivity contribution in [1.29, 1.82) is 0 Å². The summed E-state index contributed by atoms with van der Waals surface area (Å²) in [6, 6.07) is 5.35. The summed E-state index contributed by atoms with van der Waals surface area (Å²) in [6.07, 6.45) is 0.783. The summed E-state index contributed by atoms with van der Waals surface area (Å²) >= 11 is 0. The third-order valence-electron chi connectivity index (χ3n) is 5.26. The van der Waals surface area contributed by atoms with Crippen LogP contribution in [0.15, 0.2) is 23.0 Å². The van der Waals surface area contributed by atoms with Crippen LogP contribution in [0.4, 0.5) is 4.79 Å². The van der Waals surface area contributed by atoms with Gasteiger partial charge < -0.3 is 19.1 Å². The molecule has 7 heteroatoms. The van der Waals surface area contributed by atoms with E-state index in [-0.39, 0.29) is 17.5 Å². The number of methoxy groups -OCH3 is 1. The molecule has 2 aromatic rings. The van der Waals surface area contributed by atoms with Crippen molar-refractivity contribution in [3.63, 3.8) is 0 Å². The molecule has 0 spiro atoms. The Morgan fingerprint density at radius 1 is 1.12 bits per heavy atom. The molecule has 0 radical (unpaired) electrons. The lowest BCUT2D eigenvalue weighted by atomic mass is 9.96. The molecule has 32 heavy (non-hydrogen) atoms. The number of carboxylic acid groups (broad SMARTS) is 1. The van der Waals surface area contributed by atoms with Gasteiger partial charge in [0.05, 0.1) is 31.3 Å². The highest BCUT2D eigenvalue weighted by Crippen LogP contribution is 2.34. The number of amides is 1. The van der Waals surface area contributed by atoms with Crippen LogP contribution in [0.25, 0.3) is 10.8 Å². The molecule has 0 saturated heterocycles. The number of benzene rings is 1. The van der Waals surface area contributed by atoms with Gasteiger partial charge >= 0.3 is 6.09 Å². The molecule has 0 atom stereocenters. The first-order valence-electron chi connectivity index (χ1n) is 11.2. The Morgan fingerprint density at radius 2 is 1.78 bits per heavy atom. The van der Waals surface area contributed by atoms with E-state index in [0.717, 1.165) is 12.8 Å². The number of unbranched alkanes of at least 4 members (excludes halogenated alkanes) is 1. The second-order valence-electron chi connectivity index (χ2n) is 10.4. The van der Waals surface area contributed by atoms with Crippen molar-refractivity contribution < 1.29 is 19.4 Å². The van der Waals surface area contributed by atoms with Crippen molar-refractivity contribution >= 4 is 16.9 Å². The van der Waals surface area contributed by atoms with E-state index in [1.807, 2.05) is 26.8 Å². The van der Waals surface area contributed by atoms with E-state index in [1.54, 1.807) is 23.8 Å². The second kappa shape index (κ2) is 9.84. The predicted molar refractivity (Wildman–Crippen MR) is 128 cm³/mol. The normalized spacial score (nSPS) is 12.1. The Labute approximate surface area is 190 Å². The zero-order valence-corrected chi connectivity index (χ0v) is 20.7. The molecule has 0 fully saturated rings. The summed E-state index contributed by atoms with van der Waals surface area (Å²) in [5.74, 6) is 1.15. The van der Waals surface area contributed by atoms with Crippen molar-refractivity contribution in [1.82, 2.24) is 9.47 Å². The Kier molecular flexibility index (Phi) is 7.86. The van der Waals surface area contributed by atoms with Crippen LogP contribution in [0, 0.1) is 5.41 Å². The number of pyridine rings is 1. The Balaban J connectivity index is 2.89. The number of aromatic nitrogens is 1. The molecular weight excluding hydrogens is 408 g/mol. The van der Waals surface area contributed by atoms with Crippen LogP contribution in [0.1, 0.15) is 67.0 Å². The zero-order chi connectivity index (χ0) is 24.3. The van der Waals surface area contributed by atoms with E-state index >= 15 is 0 Å². The van der Waals surface area contributed by atoms with Crippen molar-refractivity contribution in [3.05, 3.63) is 34.2 Å². The molecule has 178 valence electrons. The van der Waals surface area contributed by atoms with Crippen LogP contribution in [-0.2, 0) is 13.1 Å². The maximum Gasteiger partial charge on any atom is 0.408 e. The van der Waals surface area contributed by atoms with E-state index in [4.69, 9.17) is 9.47 Å². The number of hydrogen-bond donors (Lipinski definition) is 1. The average molecular weight is 447 g/mol. The molecule has 1 aromatic heterocycles. The highest BCUT2D eigenvalue weighted by atomic mass is 16.5. The number of carbonyl (C=O) groups is 1. The van der Waals surface area contributed by atoms with E-state index in [2.05, 4.69) is 27.7 Å². The van der Waals surface area contributed by atoms with E-state index in [1.165, 1.54) is 4.90 Å². The fraction of sp³-hybridized carbons (Fsp3) is 0.600. The van der Waals surface area contributed by atoms with Crippen molar-refractivity contribution in [2.45, 2.75) is 79.9 Å². The van der Waals surface area contributed by atoms with Crippen molar-refractivity contribution in [2.24, 2.45) is 5.41 Å². The van der Waals surface area contributed by atoms with Crippen LogP contribution in [-0.4, -0.2) is 39.9 Å². The number of rotatable bonds is 8. The first kappa shape index (κ1) is 25.6. The number of hydrogen-bond acceptors (Lipinski definition) is 4. The van der Waals surface area contributed by atoms with Gasteiger partial charge in [0.15, 0.2) is 0 Å². The predicted octanol–water partition coefficient (Wildman–Crippen LogP) is 5.51. The van der Waals surface area contributed by atoms with Crippen molar-refractivity contribution in [2.75, 3.05) is 13.7 Å². The molecule has 1 heterocycles. The zero-order valence-electron chi connectivity index (χ0n) is 20.7. The molecule has 0 aliphatic carbocycles. The SMILES string of the molecule is CCCCOc1c(CN(C(=O)O)C(C)(C)C)n(CC(C)(C)C)c(=O)c2cc(OC)ccc12. The summed E-state index contributed by atoms with van der Waals surface area (Å²) in [5, 5.41) is 11.1. The van der Waals surface area contributed by atoms with Gasteiger partial charge in [-0.05, 0) is 50.8 Å². The number of ether oxygens (including phenoxy) is 2. The highest BCUT2D eigenvalue weighted by molar-refractivity contribution is 5.89. The average Bonchev–Trinajstić information content (AvgIpc) is 2.68. The molecule has 0 aliphatic heterocycles. The first-order valence-corrected chi connectivity index (χ1v) is 11.2. The molecule has 0 aliphatic rings. The van der Waals surface area contributed by atoms with Gasteiger partial charge in [0, 0.05) is 17.5 Å². The van der Waals surface area contributed by atoms with Crippen LogP contribution in [0.2, 0.25) is 0 Å². The molecule has 1 amide bonds. The van der Waals surface area contributed by atoms with Crippen LogP contribution in [0.3, 0.4) is 0 Å². The van der Waals surface area contributed by atoms with Crippen LogP contribution >= 0.6 is 0 Å². The third-order valence-corrected chi connectivity index (χ3v) is 5.26. The van der Waals surface area contributed by atoms with Crippen LogP contribution in [0.5, 0.6) is 11.5 Å². The van der Waals surface area contributed by atoms with Gasteiger partial charge in [-0.25, -0.2) is 4.79 Å². The topological polar surface area (TPSA) is 81.0 Å². The van der Waals surface area contributed by atoms with Crippen LogP contribution < -0.4 is 15.0 Å². The fourth-order valence-electron chi connectivity index (χ4n) is 3.59. The lowest BCUT2D eigenvalue weighted by Crippen LogP contribution is -2.45. The summed E-state index contributed by atoms with van der Waals surface area (Å²) in [5.41, 5.74) is -0.451. The Bertz CT molecular complexity index is 1010. The molecule has 0 bridgehead atoms. The number of fused-ring (bicyclic) bond motifs is 1. The lowest BCUT2D eigenvalue weighted by Gasteiger charge is -2.35. The van der Waals surface area contributed by atoms with Gasteiger partial charge in [0.2, 0.25) is 0 Å². The maximum absolute atomic E-state index is 13.7. The molecule has 7 nitrogen and oxygen atoms in total. The van der Waals surface area contributed by atoms with E-state index in [0.29, 0.717) is 41.1 Å². The van der Waals surface area contributed by atoms with Gasteiger partial charge in [-0.1, -0.05) is 34.1 Å². The quantitative estimate of drug-likeness (QED) is 0.541. The van der Waals surface area contributed by atoms with Crippen molar-refractivity contribution in [3.8, 4) is 11.5 Å². The summed E-state index contributed by atoms with van der Waals surface area (Å²) in [4.78, 5) is 27.1. The third kappa shape index (κ3) is 5.96. The monoisotopic (exact) mass is 446 g/mol. The lowest BCUT2D eigenvalue weighted by molar-refractivity contribution is 0.0924. The molecule has 0 unspecified atom stereocenters. The Hall–Kier alpha value is -2.70. The largest absolute Gasteiger partial charge is 0.497 e. The first-order chi connectivity index (χ1) is 14.8. The standard InChI is InChI=1S/C25H38N2O5/c1-9-10-13-32-21-18-12-11-17(31-8)14-19(18)22(28)26(16-24(2,3)4)20(21)15-27(23(29)30)25(5,6)7/h11-12,14H,9-10,13,15-16H2,1-8H3,(H,29,30). The summed E-state index contributed by atoms with van der Waals surface area (Å²) in [6.45, 7) is 14.7. The summed E-state index contributed by atoms with van der Waals surface area (Å²) in [7, 11) is 1.57. The van der Waals surface area contributed by atoms with E-state index in [9.17, 15) is 14.7 Å². The minimum Gasteiger partial charge on any atom is -0.497 e. The molecule has 1 aromatic carbocycles. The highest BCUT2D eigenvalue weighted by Gasteiger charge is 2.30. The van der Waals surface area contributed by atoms with Gasteiger partial charge in [-0.2, -0.15) is 0 Å². The summed E-state index contributed by atoms with van der Waals surface area (Å²) < 4.78 is 13.3. The molecule has 2 rings (SSSR count). The molecular formula is C25H38N2O5. The minimum absolute atomic E-state index is 0.0492. The van der Waals surface area contributed by atoms with Gasteiger partial charge in [-0.3, -0.25) is 9.69 Å². The van der Waals surface area contributed by atoms with E-state index < -0.39 is 11.6 Å². The number of nitrogens with zero attached hydrogens (tertiary/aromatic N) is 2.